The van der Waals surface area contributed by atoms with Gasteiger partial charge in [0, 0.05) is 11.5 Å². The molecule has 0 atom stereocenters. The fourth-order valence-corrected chi connectivity index (χ4v) is 3.15. The second-order valence-electron chi connectivity index (χ2n) is 7.70. The number of carbonyl (C=O) groups excluding carboxylic acids is 2. The first kappa shape index (κ1) is 18.5. The first-order valence-electron chi connectivity index (χ1n) is 9.09. The van der Waals surface area contributed by atoms with Crippen molar-refractivity contribution in [2.24, 2.45) is 5.92 Å². The van der Waals surface area contributed by atoms with Gasteiger partial charge in [0.1, 0.15) is 0 Å². The van der Waals surface area contributed by atoms with Gasteiger partial charge in [-0.1, -0.05) is 50.3 Å². The van der Waals surface area contributed by atoms with Crippen LogP contribution < -0.4 is 5.43 Å². The van der Waals surface area contributed by atoms with Crippen molar-refractivity contribution in [3.05, 3.63) is 35.9 Å². The van der Waals surface area contributed by atoms with E-state index in [0.29, 0.717) is 5.56 Å². The van der Waals surface area contributed by atoms with E-state index in [9.17, 15) is 9.59 Å². The summed E-state index contributed by atoms with van der Waals surface area (Å²) in [5, 5.41) is 1.49. The van der Waals surface area contributed by atoms with Crippen molar-refractivity contribution < 1.29 is 9.59 Å². The molecule has 132 valence electrons. The van der Waals surface area contributed by atoms with E-state index in [-0.39, 0.29) is 17.7 Å². The second kappa shape index (κ2) is 8.32. The molecule has 1 fully saturated rings. The number of hydrogen-bond acceptors (Lipinski definition) is 2. The van der Waals surface area contributed by atoms with Crippen LogP contribution in [0.15, 0.2) is 30.3 Å². The number of hydrogen-bond donors (Lipinski definition) is 1. The molecule has 2 rings (SSSR count). The van der Waals surface area contributed by atoms with E-state index in [4.69, 9.17) is 0 Å². The van der Waals surface area contributed by atoms with Crippen LogP contribution in [0.1, 0.15) is 76.1 Å². The van der Waals surface area contributed by atoms with E-state index in [2.05, 4.69) is 5.43 Å². The number of hydrazine groups is 1. The van der Waals surface area contributed by atoms with Gasteiger partial charge in [-0.25, -0.2) is 5.01 Å². The van der Waals surface area contributed by atoms with Crippen molar-refractivity contribution in [2.45, 2.75) is 71.3 Å². The Kier molecular flexibility index (Phi) is 6.41. The van der Waals surface area contributed by atoms with Crippen LogP contribution in [-0.4, -0.2) is 22.4 Å². The Hall–Kier alpha value is -1.84. The summed E-state index contributed by atoms with van der Waals surface area (Å²) >= 11 is 0. The molecule has 1 aliphatic carbocycles. The molecule has 24 heavy (non-hydrogen) atoms. The molecule has 0 aromatic heterocycles. The summed E-state index contributed by atoms with van der Waals surface area (Å²) in [7, 11) is 0. The Morgan fingerprint density at radius 3 is 2.04 bits per heavy atom. The normalized spacial score (nSPS) is 16.8. The van der Waals surface area contributed by atoms with Gasteiger partial charge in [0.15, 0.2) is 0 Å². The molecular weight excluding hydrogens is 300 g/mol. The van der Waals surface area contributed by atoms with E-state index in [1.807, 2.05) is 39.0 Å². The van der Waals surface area contributed by atoms with Gasteiger partial charge in [-0.2, -0.15) is 0 Å². The number of amides is 2. The van der Waals surface area contributed by atoms with Gasteiger partial charge in [0.2, 0.25) is 5.91 Å². The highest BCUT2D eigenvalue weighted by atomic mass is 16.2. The molecule has 0 heterocycles. The molecule has 1 N–H and O–H groups in total. The molecule has 0 spiro atoms. The van der Waals surface area contributed by atoms with E-state index < -0.39 is 5.54 Å². The predicted octanol–water partition coefficient (Wildman–Crippen LogP) is 4.32. The quantitative estimate of drug-likeness (QED) is 0.821. The SMILES string of the molecule is CC(C)(C)N(NC(=O)C1CCCCCCC1)C(=O)c1ccccc1. The minimum Gasteiger partial charge on any atom is -0.273 e. The zero-order valence-corrected chi connectivity index (χ0v) is 15.2. The molecule has 0 bridgehead atoms. The molecule has 1 aliphatic rings. The molecule has 1 saturated carbocycles. The van der Waals surface area contributed by atoms with Crippen molar-refractivity contribution in [3.63, 3.8) is 0 Å². The number of carbonyl (C=O) groups is 2. The Balaban J connectivity index is 2.11. The zero-order valence-electron chi connectivity index (χ0n) is 15.2. The third-order valence-corrected chi connectivity index (χ3v) is 4.59. The number of nitrogens with one attached hydrogen (secondary N) is 1. The van der Waals surface area contributed by atoms with Gasteiger partial charge in [-0.15, -0.1) is 0 Å². The third kappa shape index (κ3) is 5.08. The minimum atomic E-state index is -0.482. The first-order valence-corrected chi connectivity index (χ1v) is 9.09. The van der Waals surface area contributed by atoms with Crippen molar-refractivity contribution in [1.29, 1.82) is 0 Å². The summed E-state index contributed by atoms with van der Waals surface area (Å²) in [4.78, 5) is 25.6. The van der Waals surface area contributed by atoms with Crippen LogP contribution in [0.5, 0.6) is 0 Å². The molecule has 4 nitrogen and oxygen atoms in total. The fourth-order valence-electron chi connectivity index (χ4n) is 3.15. The lowest BCUT2D eigenvalue weighted by Gasteiger charge is -2.36. The second-order valence-corrected chi connectivity index (χ2v) is 7.70. The smallest absolute Gasteiger partial charge is 0.272 e. The van der Waals surface area contributed by atoms with Crippen LogP contribution in [0, 0.1) is 5.92 Å². The highest BCUT2D eigenvalue weighted by molar-refractivity contribution is 5.96. The van der Waals surface area contributed by atoms with E-state index in [1.54, 1.807) is 12.1 Å². The Morgan fingerprint density at radius 1 is 0.958 bits per heavy atom. The van der Waals surface area contributed by atoms with Crippen LogP contribution in [0.4, 0.5) is 0 Å². The van der Waals surface area contributed by atoms with Crippen LogP contribution >= 0.6 is 0 Å². The van der Waals surface area contributed by atoms with E-state index >= 15 is 0 Å². The summed E-state index contributed by atoms with van der Waals surface area (Å²) in [6.07, 6.45) is 7.72. The lowest BCUT2D eigenvalue weighted by Crippen LogP contribution is -2.57. The van der Waals surface area contributed by atoms with Crippen molar-refractivity contribution in [1.82, 2.24) is 10.4 Å². The van der Waals surface area contributed by atoms with Crippen molar-refractivity contribution in [3.8, 4) is 0 Å². The summed E-state index contributed by atoms with van der Waals surface area (Å²) in [6, 6.07) is 9.12. The van der Waals surface area contributed by atoms with Crippen LogP contribution in [0.3, 0.4) is 0 Å². The lowest BCUT2D eigenvalue weighted by molar-refractivity contribution is -0.131. The van der Waals surface area contributed by atoms with E-state index in [1.165, 1.54) is 24.3 Å². The summed E-state index contributed by atoms with van der Waals surface area (Å²) < 4.78 is 0. The van der Waals surface area contributed by atoms with E-state index in [0.717, 1.165) is 25.7 Å². The Labute approximate surface area is 145 Å². The maximum atomic E-state index is 12.8. The number of nitrogens with zero attached hydrogens (tertiary/aromatic N) is 1. The van der Waals surface area contributed by atoms with Crippen LogP contribution in [-0.2, 0) is 4.79 Å². The molecule has 1 aromatic rings. The summed E-state index contributed by atoms with van der Waals surface area (Å²) in [5.41, 5.74) is 3.02. The van der Waals surface area contributed by atoms with Gasteiger partial charge in [0.05, 0.1) is 5.54 Å². The molecule has 1 aromatic carbocycles. The molecule has 4 heteroatoms. The topological polar surface area (TPSA) is 49.4 Å². The van der Waals surface area contributed by atoms with Gasteiger partial charge < -0.3 is 0 Å². The summed E-state index contributed by atoms with van der Waals surface area (Å²) in [5.74, 6) is -0.169. The fraction of sp³-hybridized carbons (Fsp3) is 0.600. The summed E-state index contributed by atoms with van der Waals surface area (Å²) in [6.45, 7) is 5.81. The number of rotatable bonds is 2. The Bertz CT molecular complexity index is 541. The average molecular weight is 330 g/mol. The molecule has 2 amide bonds. The number of benzene rings is 1. The van der Waals surface area contributed by atoms with Crippen LogP contribution in [0.25, 0.3) is 0 Å². The molecule has 0 saturated heterocycles. The maximum absolute atomic E-state index is 12.8. The largest absolute Gasteiger partial charge is 0.273 e. The lowest BCUT2D eigenvalue weighted by atomic mass is 9.90. The molecular formula is C20H30N2O2. The van der Waals surface area contributed by atoms with Crippen LogP contribution in [0.2, 0.25) is 0 Å². The maximum Gasteiger partial charge on any atom is 0.272 e. The van der Waals surface area contributed by atoms with Crippen molar-refractivity contribution >= 4 is 11.8 Å². The van der Waals surface area contributed by atoms with Gasteiger partial charge in [-0.05, 0) is 45.7 Å². The van der Waals surface area contributed by atoms with Gasteiger partial charge in [0.25, 0.3) is 5.91 Å². The predicted molar refractivity (Wildman–Crippen MR) is 96.3 cm³/mol. The molecule has 0 radical (unpaired) electrons. The highest BCUT2D eigenvalue weighted by Gasteiger charge is 2.31. The third-order valence-electron chi connectivity index (χ3n) is 4.59. The monoisotopic (exact) mass is 330 g/mol. The average Bonchev–Trinajstić information content (AvgIpc) is 2.51. The minimum absolute atomic E-state index is 0.0127. The van der Waals surface area contributed by atoms with Gasteiger partial charge in [-0.3, -0.25) is 15.0 Å². The Morgan fingerprint density at radius 2 is 1.50 bits per heavy atom. The molecule has 0 aliphatic heterocycles. The zero-order chi connectivity index (χ0) is 17.6. The first-order chi connectivity index (χ1) is 11.4. The molecule has 0 unspecified atom stereocenters. The van der Waals surface area contributed by atoms with Crippen molar-refractivity contribution in [2.75, 3.05) is 0 Å². The van der Waals surface area contributed by atoms with Gasteiger partial charge >= 0.3 is 0 Å². The highest BCUT2D eigenvalue weighted by Crippen LogP contribution is 2.23. The standard InChI is InChI=1S/C20H30N2O2/c1-20(2,3)22(19(24)17-14-10-7-11-15-17)21-18(23)16-12-8-5-4-6-9-13-16/h7,10-11,14-16H,4-6,8-9,12-13H2,1-3H3,(H,21,23).